The minimum Gasteiger partial charge on any atom is -0.464 e. The number of hydrogen-bond donors (Lipinski definition) is 1. The molecule has 0 bridgehead atoms. The van der Waals surface area contributed by atoms with Gasteiger partial charge in [0.15, 0.2) is 0 Å². The Morgan fingerprint density at radius 3 is 2.62 bits per heavy atom. The molecule has 4 heteroatoms. The molecule has 0 radical (unpaired) electrons. The van der Waals surface area contributed by atoms with Gasteiger partial charge >= 0.3 is 5.97 Å². The first-order valence-electron chi connectivity index (χ1n) is 6.21. The van der Waals surface area contributed by atoms with Gasteiger partial charge in [-0.2, -0.15) is 0 Å². The number of esters is 1. The van der Waals surface area contributed by atoms with Crippen LogP contribution in [0.25, 0.3) is 0 Å². The average molecular weight is 229 g/mol. The summed E-state index contributed by atoms with van der Waals surface area (Å²) < 4.78 is 10.2. The van der Waals surface area contributed by atoms with Crippen molar-refractivity contribution in [2.24, 2.45) is 17.6 Å². The number of hydrogen-bond acceptors (Lipinski definition) is 4. The van der Waals surface area contributed by atoms with Crippen LogP contribution in [0.4, 0.5) is 0 Å². The second-order valence-corrected chi connectivity index (χ2v) is 4.36. The number of rotatable bonds is 6. The Hall–Kier alpha value is -0.610. The molecule has 2 atom stereocenters. The summed E-state index contributed by atoms with van der Waals surface area (Å²) in [6.07, 6.45) is 4.90. The minimum absolute atomic E-state index is 0.0711. The fourth-order valence-electron chi connectivity index (χ4n) is 2.31. The zero-order valence-corrected chi connectivity index (χ0v) is 10.1. The highest BCUT2D eigenvalue weighted by molar-refractivity contribution is 5.70. The van der Waals surface area contributed by atoms with Crippen LogP contribution in [0, 0.1) is 11.8 Å². The van der Waals surface area contributed by atoms with Crippen molar-refractivity contribution in [2.75, 3.05) is 26.4 Å². The number of carbonyl (C=O) groups excluding carboxylic acids is 1. The molecule has 94 valence electrons. The molecule has 1 fully saturated rings. The molecule has 4 nitrogen and oxygen atoms in total. The second-order valence-electron chi connectivity index (χ2n) is 4.36. The molecule has 0 heterocycles. The van der Waals surface area contributed by atoms with Crippen LogP contribution in [0.2, 0.25) is 0 Å². The van der Waals surface area contributed by atoms with Gasteiger partial charge in [-0.25, -0.2) is 4.79 Å². The van der Waals surface area contributed by atoms with Gasteiger partial charge in [-0.15, -0.1) is 0 Å². The molecule has 0 saturated heterocycles. The molecule has 0 aromatic heterocycles. The van der Waals surface area contributed by atoms with E-state index in [0.717, 1.165) is 6.54 Å². The van der Waals surface area contributed by atoms with Gasteiger partial charge < -0.3 is 15.2 Å². The third kappa shape index (κ3) is 4.49. The lowest BCUT2D eigenvalue weighted by Crippen LogP contribution is -2.30. The maximum Gasteiger partial charge on any atom is 0.332 e. The summed E-state index contributed by atoms with van der Waals surface area (Å²) in [6.45, 7) is 3.65. The third-order valence-corrected chi connectivity index (χ3v) is 3.23. The van der Waals surface area contributed by atoms with Crippen molar-refractivity contribution in [1.82, 2.24) is 0 Å². The SMILES string of the molecule is CCOC(=O)COCC1CCCCC1CN. The molecule has 2 unspecified atom stereocenters. The summed E-state index contributed by atoms with van der Waals surface area (Å²) in [4.78, 5) is 11.1. The van der Waals surface area contributed by atoms with Crippen LogP contribution in [0.1, 0.15) is 32.6 Å². The largest absolute Gasteiger partial charge is 0.464 e. The molecule has 1 saturated carbocycles. The molecule has 2 N–H and O–H groups in total. The minimum atomic E-state index is -0.275. The van der Waals surface area contributed by atoms with Crippen LogP contribution in [0.3, 0.4) is 0 Å². The number of carbonyl (C=O) groups is 1. The Morgan fingerprint density at radius 1 is 1.31 bits per heavy atom. The first-order chi connectivity index (χ1) is 7.77. The maximum absolute atomic E-state index is 11.1. The lowest BCUT2D eigenvalue weighted by atomic mass is 9.80. The standard InChI is InChI=1S/C12H23NO3/c1-2-16-12(14)9-15-8-11-6-4-3-5-10(11)7-13/h10-11H,2-9,13H2,1H3. The summed E-state index contributed by atoms with van der Waals surface area (Å²) >= 11 is 0. The van der Waals surface area contributed by atoms with E-state index in [1.807, 2.05) is 0 Å². The zero-order chi connectivity index (χ0) is 11.8. The monoisotopic (exact) mass is 229 g/mol. The number of nitrogens with two attached hydrogens (primary N) is 1. The average Bonchev–Trinajstić information content (AvgIpc) is 2.30. The van der Waals surface area contributed by atoms with Gasteiger partial charge in [0.25, 0.3) is 0 Å². The lowest BCUT2D eigenvalue weighted by molar-refractivity contribution is -0.149. The molecule has 0 aliphatic heterocycles. The lowest BCUT2D eigenvalue weighted by Gasteiger charge is -2.30. The van der Waals surface area contributed by atoms with E-state index in [2.05, 4.69) is 0 Å². The third-order valence-electron chi connectivity index (χ3n) is 3.23. The Labute approximate surface area is 97.5 Å². The summed E-state index contributed by atoms with van der Waals surface area (Å²) in [5.41, 5.74) is 5.73. The van der Waals surface area contributed by atoms with Crippen LogP contribution < -0.4 is 5.73 Å². The quantitative estimate of drug-likeness (QED) is 0.698. The highest BCUT2D eigenvalue weighted by atomic mass is 16.6. The molecular formula is C12H23NO3. The van der Waals surface area contributed by atoms with Gasteiger partial charge in [-0.1, -0.05) is 12.8 Å². The van der Waals surface area contributed by atoms with Crippen LogP contribution in [-0.4, -0.2) is 32.3 Å². The van der Waals surface area contributed by atoms with E-state index in [9.17, 15) is 4.79 Å². The van der Waals surface area contributed by atoms with Crippen LogP contribution in [0.5, 0.6) is 0 Å². The van der Waals surface area contributed by atoms with Crippen molar-refractivity contribution in [3.05, 3.63) is 0 Å². The molecule has 0 amide bonds. The Kier molecular flexibility index (Phi) is 6.42. The fraction of sp³-hybridized carbons (Fsp3) is 0.917. The predicted octanol–water partition coefficient (Wildman–Crippen LogP) is 1.33. The van der Waals surface area contributed by atoms with Crippen molar-refractivity contribution >= 4 is 5.97 Å². The van der Waals surface area contributed by atoms with Gasteiger partial charge in [0.2, 0.25) is 0 Å². The summed E-state index contributed by atoms with van der Waals surface area (Å²) in [5, 5.41) is 0. The van der Waals surface area contributed by atoms with Crippen molar-refractivity contribution in [3.8, 4) is 0 Å². The summed E-state index contributed by atoms with van der Waals surface area (Å²) in [7, 11) is 0. The van der Waals surface area contributed by atoms with Crippen LogP contribution in [0.15, 0.2) is 0 Å². The van der Waals surface area contributed by atoms with Gasteiger partial charge in [0.05, 0.1) is 13.2 Å². The van der Waals surface area contributed by atoms with E-state index >= 15 is 0 Å². The predicted molar refractivity (Wildman–Crippen MR) is 62.0 cm³/mol. The van der Waals surface area contributed by atoms with Crippen LogP contribution >= 0.6 is 0 Å². The highest BCUT2D eigenvalue weighted by Gasteiger charge is 2.24. The number of ether oxygens (including phenoxy) is 2. The summed E-state index contributed by atoms with van der Waals surface area (Å²) in [5.74, 6) is 0.812. The second kappa shape index (κ2) is 7.63. The van der Waals surface area contributed by atoms with Gasteiger partial charge in [0.1, 0.15) is 6.61 Å². The summed E-state index contributed by atoms with van der Waals surface area (Å²) in [6, 6.07) is 0. The topological polar surface area (TPSA) is 61.5 Å². The van der Waals surface area contributed by atoms with E-state index in [1.165, 1.54) is 25.7 Å². The van der Waals surface area contributed by atoms with Crippen molar-refractivity contribution < 1.29 is 14.3 Å². The smallest absolute Gasteiger partial charge is 0.332 e. The van der Waals surface area contributed by atoms with E-state index in [1.54, 1.807) is 6.92 Å². The molecule has 1 rings (SSSR count). The molecule has 0 aromatic carbocycles. The van der Waals surface area contributed by atoms with Crippen molar-refractivity contribution in [1.29, 1.82) is 0 Å². The Morgan fingerprint density at radius 2 is 2.00 bits per heavy atom. The Bertz CT molecular complexity index is 208. The molecular weight excluding hydrogens is 206 g/mol. The van der Waals surface area contributed by atoms with Crippen molar-refractivity contribution in [3.63, 3.8) is 0 Å². The van der Waals surface area contributed by atoms with Crippen molar-refractivity contribution in [2.45, 2.75) is 32.6 Å². The maximum atomic E-state index is 11.1. The van der Waals surface area contributed by atoms with E-state index in [0.29, 0.717) is 25.0 Å². The van der Waals surface area contributed by atoms with Gasteiger partial charge in [-0.05, 0) is 38.1 Å². The van der Waals surface area contributed by atoms with Gasteiger partial charge in [-0.3, -0.25) is 0 Å². The normalized spacial score (nSPS) is 25.4. The van der Waals surface area contributed by atoms with Crippen LogP contribution in [-0.2, 0) is 14.3 Å². The zero-order valence-electron chi connectivity index (χ0n) is 10.1. The molecule has 1 aliphatic carbocycles. The fourth-order valence-corrected chi connectivity index (χ4v) is 2.31. The first kappa shape index (κ1) is 13.5. The molecule has 0 aromatic rings. The highest BCUT2D eigenvalue weighted by Crippen LogP contribution is 2.29. The molecule has 1 aliphatic rings. The van der Waals surface area contributed by atoms with E-state index < -0.39 is 0 Å². The van der Waals surface area contributed by atoms with E-state index in [-0.39, 0.29) is 12.6 Å². The van der Waals surface area contributed by atoms with E-state index in [4.69, 9.17) is 15.2 Å². The Balaban J connectivity index is 2.17. The van der Waals surface area contributed by atoms with Gasteiger partial charge in [0, 0.05) is 0 Å². The molecule has 16 heavy (non-hydrogen) atoms. The first-order valence-corrected chi connectivity index (χ1v) is 6.21. The molecule has 0 spiro atoms.